The fraction of sp³-hybridized carbons (Fsp3) is 0.667. The van der Waals surface area contributed by atoms with Crippen molar-refractivity contribution < 1.29 is 13.9 Å². The molecule has 3 rings (SSSR count). The molecule has 2 aliphatic heterocycles. The third kappa shape index (κ3) is 7.04. The molecular formula is C21H34FIN4O2. The van der Waals surface area contributed by atoms with E-state index in [-0.39, 0.29) is 42.0 Å². The van der Waals surface area contributed by atoms with Crippen molar-refractivity contribution in [2.45, 2.75) is 45.1 Å². The SMILES string of the molecule is CCNC(=NCc1ccc(F)c(CN(C)C)c1)N1CCOC(C2CCCO2)C1.I. The molecule has 0 aromatic heterocycles. The van der Waals surface area contributed by atoms with Crippen molar-refractivity contribution in [3.05, 3.63) is 35.1 Å². The van der Waals surface area contributed by atoms with Crippen molar-refractivity contribution in [3.63, 3.8) is 0 Å². The largest absolute Gasteiger partial charge is 0.375 e. The Labute approximate surface area is 190 Å². The Morgan fingerprint density at radius 1 is 1.28 bits per heavy atom. The molecule has 8 heteroatoms. The molecule has 0 spiro atoms. The van der Waals surface area contributed by atoms with E-state index in [1.165, 1.54) is 0 Å². The van der Waals surface area contributed by atoms with Crippen molar-refractivity contribution in [2.75, 3.05) is 46.9 Å². The van der Waals surface area contributed by atoms with E-state index in [0.29, 0.717) is 25.3 Å². The molecule has 29 heavy (non-hydrogen) atoms. The first-order valence-corrected chi connectivity index (χ1v) is 10.2. The number of morpholine rings is 1. The summed E-state index contributed by atoms with van der Waals surface area (Å²) < 4.78 is 25.8. The van der Waals surface area contributed by atoms with Crippen LogP contribution >= 0.6 is 24.0 Å². The minimum absolute atomic E-state index is 0. The first-order valence-electron chi connectivity index (χ1n) is 10.2. The van der Waals surface area contributed by atoms with Crippen LogP contribution in [0.5, 0.6) is 0 Å². The molecule has 2 aliphatic rings. The van der Waals surface area contributed by atoms with E-state index in [2.05, 4.69) is 17.1 Å². The zero-order valence-electron chi connectivity index (χ0n) is 17.7. The number of rotatable bonds is 6. The van der Waals surface area contributed by atoms with Crippen molar-refractivity contribution >= 4 is 29.9 Å². The standard InChI is InChI=1S/C21H33FN4O2.HI/c1-4-23-21(26-9-11-28-20(15-26)19-6-5-10-27-19)24-13-16-7-8-18(22)17(12-16)14-25(2)3;/h7-8,12,19-20H,4-6,9-11,13-15H2,1-3H3,(H,23,24);1H. The fourth-order valence-electron chi connectivity index (χ4n) is 3.77. The summed E-state index contributed by atoms with van der Waals surface area (Å²) in [6.07, 6.45) is 2.46. The summed E-state index contributed by atoms with van der Waals surface area (Å²) in [5.41, 5.74) is 1.71. The molecule has 0 amide bonds. The molecule has 6 nitrogen and oxygen atoms in total. The van der Waals surface area contributed by atoms with Crippen molar-refractivity contribution in [3.8, 4) is 0 Å². The summed E-state index contributed by atoms with van der Waals surface area (Å²) in [5, 5.41) is 3.39. The highest BCUT2D eigenvalue weighted by molar-refractivity contribution is 14.0. The maximum Gasteiger partial charge on any atom is 0.194 e. The molecular weight excluding hydrogens is 486 g/mol. The maximum absolute atomic E-state index is 14.0. The Kier molecular flexibility index (Phi) is 10.1. The quantitative estimate of drug-likeness (QED) is 0.355. The smallest absolute Gasteiger partial charge is 0.194 e. The van der Waals surface area contributed by atoms with Crippen molar-refractivity contribution in [1.29, 1.82) is 0 Å². The normalized spacial score (nSPS) is 22.7. The lowest BCUT2D eigenvalue weighted by Gasteiger charge is -2.37. The third-order valence-electron chi connectivity index (χ3n) is 5.12. The lowest BCUT2D eigenvalue weighted by Crippen LogP contribution is -2.53. The first-order chi connectivity index (χ1) is 13.6. The highest BCUT2D eigenvalue weighted by Crippen LogP contribution is 2.21. The lowest BCUT2D eigenvalue weighted by atomic mass is 10.1. The molecule has 2 atom stereocenters. The third-order valence-corrected chi connectivity index (χ3v) is 5.12. The van der Waals surface area contributed by atoms with Gasteiger partial charge in [0, 0.05) is 38.3 Å². The maximum atomic E-state index is 14.0. The summed E-state index contributed by atoms with van der Waals surface area (Å²) in [6.45, 7) is 7.07. The number of aliphatic imine (C=N–C) groups is 1. The molecule has 2 unspecified atom stereocenters. The predicted octanol–water partition coefficient (Wildman–Crippen LogP) is 2.85. The molecule has 2 heterocycles. The van der Waals surface area contributed by atoms with Crippen molar-refractivity contribution in [2.24, 2.45) is 4.99 Å². The highest BCUT2D eigenvalue weighted by Gasteiger charge is 2.32. The molecule has 2 fully saturated rings. The van der Waals surface area contributed by atoms with Gasteiger partial charge in [0.1, 0.15) is 11.9 Å². The van der Waals surface area contributed by atoms with Gasteiger partial charge < -0.3 is 24.6 Å². The molecule has 164 valence electrons. The molecule has 0 bridgehead atoms. The van der Waals surface area contributed by atoms with Crippen LogP contribution in [-0.2, 0) is 22.6 Å². The average Bonchev–Trinajstić information content (AvgIpc) is 3.22. The van der Waals surface area contributed by atoms with E-state index in [1.54, 1.807) is 6.07 Å². The van der Waals surface area contributed by atoms with Crippen LogP contribution in [0.2, 0.25) is 0 Å². The molecule has 1 N–H and O–H groups in total. The van der Waals surface area contributed by atoms with Gasteiger partial charge in [-0.2, -0.15) is 0 Å². The van der Waals surface area contributed by atoms with E-state index in [4.69, 9.17) is 14.5 Å². The summed E-state index contributed by atoms with van der Waals surface area (Å²) in [6, 6.07) is 5.27. The number of hydrogen-bond acceptors (Lipinski definition) is 4. The zero-order chi connectivity index (χ0) is 19.9. The van der Waals surface area contributed by atoms with Crippen LogP contribution in [0.3, 0.4) is 0 Å². The number of ether oxygens (including phenoxy) is 2. The van der Waals surface area contributed by atoms with Gasteiger partial charge in [-0.1, -0.05) is 6.07 Å². The van der Waals surface area contributed by atoms with E-state index < -0.39 is 0 Å². The van der Waals surface area contributed by atoms with E-state index >= 15 is 0 Å². The predicted molar refractivity (Wildman–Crippen MR) is 124 cm³/mol. The lowest BCUT2D eigenvalue weighted by molar-refractivity contribution is -0.0817. The summed E-state index contributed by atoms with van der Waals surface area (Å²) in [5.74, 6) is 0.716. The molecule has 2 saturated heterocycles. The van der Waals surface area contributed by atoms with E-state index in [9.17, 15) is 4.39 Å². The van der Waals surface area contributed by atoms with Gasteiger partial charge in [-0.3, -0.25) is 0 Å². The topological polar surface area (TPSA) is 49.3 Å². The molecule has 0 radical (unpaired) electrons. The Balaban J connectivity index is 0.00000300. The minimum atomic E-state index is -0.166. The number of halogens is 2. The van der Waals surface area contributed by atoms with Gasteiger partial charge >= 0.3 is 0 Å². The van der Waals surface area contributed by atoms with Crippen LogP contribution in [0, 0.1) is 5.82 Å². The van der Waals surface area contributed by atoms with Crippen LogP contribution < -0.4 is 5.32 Å². The Bertz CT molecular complexity index is 668. The second kappa shape index (κ2) is 12.0. The average molecular weight is 520 g/mol. The number of nitrogens with zero attached hydrogens (tertiary/aromatic N) is 3. The second-order valence-corrected chi connectivity index (χ2v) is 7.74. The Hall–Kier alpha value is -0.970. The highest BCUT2D eigenvalue weighted by atomic mass is 127. The number of hydrogen-bond donors (Lipinski definition) is 1. The van der Waals surface area contributed by atoms with Gasteiger partial charge in [0.25, 0.3) is 0 Å². The van der Waals surface area contributed by atoms with Gasteiger partial charge in [0.05, 0.1) is 19.3 Å². The molecule has 0 saturated carbocycles. The number of benzene rings is 1. The zero-order valence-corrected chi connectivity index (χ0v) is 20.0. The van der Waals surface area contributed by atoms with Gasteiger partial charge in [-0.15, -0.1) is 24.0 Å². The van der Waals surface area contributed by atoms with E-state index in [1.807, 2.05) is 31.1 Å². The van der Waals surface area contributed by atoms with Crippen LogP contribution in [0.4, 0.5) is 4.39 Å². The monoisotopic (exact) mass is 520 g/mol. The van der Waals surface area contributed by atoms with Crippen LogP contribution in [-0.4, -0.2) is 74.9 Å². The van der Waals surface area contributed by atoms with Gasteiger partial charge in [-0.05, 0) is 51.6 Å². The number of guanidine groups is 1. The summed E-state index contributed by atoms with van der Waals surface area (Å²) in [4.78, 5) is 9.04. The fourth-order valence-corrected chi connectivity index (χ4v) is 3.77. The van der Waals surface area contributed by atoms with Gasteiger partial charge in [0.2, 0.25) is 0 Å². The first kappa shape index (κ1) is 24.3. The van der Waals surface area contributed by atoms with E-state index in [0.717, 1.165) is 50.6 Å². The van der Waals surface area contributed by atoms with Crippen LogP contribution in [0.25, 0.3) is 0 Å². The Morgan fingerprint density at radius 3 is 2.76 bits per heavy atom. The number of nitrogens with one attached hydrogen (secondary N) is 1. The Morgan fingerprint density at radius 2 is 2.07 bits per heavy atom. The summed E-state index contributed by atoms with van der Waals surface area (Å²) >= 11 is 0. The van der Waals surface area contributed by atoms with Gasteiger partial charge in [-0.25, -0.2) is 9.38 Å². The molecule has 1 aromatic carbocycles. The molecule has 1 aromatic rings. The van der Waals surface area contributed by atoms with Gasteiger partial charge in [0.15, 0.2) is 5.96 Å². The van der Waals surface area contributed by atoms with Crippen LogP contribution in [0.1, 0.15) is 30.9 Å². The molecule has 0 aliphatic carbocycles. The van der Waals surface area contributed by atoms with Crippen molar-refractivity contribution in [1.82, 2.24) is 15.1 Å². The van der Waals surface area contributed by atoms with Crippen LogP contribution in [0.15, 0.2) is 23.2 Å². The second-order valence-electron chi connectivity index (χ2n) is 7.74. The summed E-state index contributed by atoms with van der Waals surface area (Å²) in [7, 11) is 3.88. The minimum Gasteiger partial charge on any atom is -0.375 e.